The lowest BCUT2D eigenvalue weighted by atomic mass is 10.1. The second-order valence-electron chi connectivity index (χ2n) is 6.23. The van der Waals surface area contributed by atoms with Gasteiger partial charge < -0.3 is 19.7 Å². The van der Waals surface area contributed by atoms with Crippen LogP contribution in [0.25, 0.3) is 0 Å². The minimum absolute atomic E-state index is 0.0517. The van der Waals surface area contributed by atoms with Crippen molar-refractivity contribution in [2.45, 2.75) is 26.8 Å². The van der Waals surface area contributed by atoms with Crippen molar-refractivity contribution >= 4 is 17.5 Å². The summed E-state index contributed by atoms with van der Waals surface area (Å²) in [4.78, 5) is 25.8. The number of nitrogens with zero attached hydrogens (tertiary/aromatic N) is 1. The first-order valence-corrected chi connectivity index (χ1v) is 8.52. The quantitative estimate of drug-likeness (QED) is 0.865. The van der Waals surface area contributed by atoms with Crippen LogP contribution in [-0.2, 0) is 16.1 Å². The molecule has 0 atom stereocenters. The molecule has 6 heteroatoms. The van der Waals surface area contributed by atoms with Crippen molar-refractivity contribution in [3.05, 3.63) is 53.6 Å². The number of hydrogen-bond acceptors (Lipinski definition) is 4. The van der Waals surface area contributed by atoms with Gasteiger partial charge in [0.15, 0.2) is 11.5 Å². The van der Waals surface area contributed by atoms with Gasteiger partial charge in [0, 0.05) is 38.2 Å². The van der Waals surface area contributed by atoms with Crippen LogP contribution in [0.1, 0.15) is 24.5 Å². The molecule has 1 aliphatic heterocycles. The zero-order valence-corrected chi connectivity index (χ0v) is 15.0. The fraction of sp³-hybridized carbons (Fsp3) is 0.300. The van der Waals surface area contributed by atoms with E-state index in [-0.39, 0.29) is 25.0 Å². The lowest BCUT2D eigenvalue weighted by molar-refractivity contribution is -0.129. The predicted octanol–water partition coefficient (Wildman–Crippen LogP) is 3.10. The third-order valence-corrected chi connectivity index (χ3v) is 4.33. The summed E-state index contributed by atoms with van der Waals surface area (Å²) in [5, 5.41) is 2.83. The second-order valence-corrected chi connectivity index (χ2v) is 6.23. The van der Waals surface area contributed by atoms with E-state index in [4.69, 9.17) is 9.47 Å². The maximum Gasteiger partial charge on any atom is 0.231 e. The zero-order chi connectivity index (χ0) is 18.5. The molecular weight excluding hydrogens is 332 g/mol. The molecule has 0 saturated heterocycles. The smallest absolute Gasteiger partial charge is 0.231 e. The zero-order valence-electron chi connectivity index (χ0n) is 15.0. The highest BCUT2D eigenvalue weighted by Crippen LogP contribution is 2.34. The third-order valence-electron chi connectivity index (χ3n) is 4.33. The minimum Gasteiger partial charge on any atom is -0.454 e. The molecule has 0 bridgehead atoms. The fourth-order valence-corrected chi connectivity index (χ4v) is 2.78. The average molecular weight is 354 g/mol. The van der Waals surface area contributed by atoms with E-state index in [1.54, 1.807) is 23.1 Å². The number of benzene rings is 2. The van der Waals surface area contributed by atoms with Gasteiger partial charge in [-0.3, -0.25) is 9.59 Å². The molecule has 0 spiro atoms. The van der Waals surface area contributed by atoms with Gasteiger partial charge in [0.05, 0.1) is 0 Å². The molecule has 0 saturated carbocycles. The summed E-state index contributed by atoms with van der Waals surface area (Å²) in [5.41, 5.74) is 2.86. The summed E-state index contributed by atoms with van der Waals surface area (Å²) in [7, 11) is 0. The summed E-state index contributed by atoms with van der Waals surface area (Å²) < 4.78 is 10.6. The van der Waals surface area contributed by atoms with E-state index in [9.17, 15) is 9.59 Å². The van der Waals surface area contributed by atoms with Crippen molar-refractivity contribution in [1.29, 1.82) is 0 Å². The van der Waals surface area contributed by atoms with Crippen LogP contribution >= 0.6 is 0 Å². The molecule has 2 amide bonds. The van der Waals surface area contributed by atoms with Crippen LogP contribution in [0.3, 0.4) is 0 Å². The first kappa shape index (κ1) is 17.8. The largest absolute Gasteiger partial charge is 0.454 e. The van der Waals surface area contributed by atoms with Crippen molar-refractivity contribution in [2.24, 2.45) is 0 Å². The monoisotopic (exact) mass is 354 g/mol. The normalized spacial score (nSPS) is 11.9. The van der Waals surface area contributed by atoms with Crippen LogP contribution in [0.5, 0.6) is 11.5 Å². The molecule has 1 N–H and O–H groups in total. The number of anilines is 1. The fourth-order valence-electron chi connectivity index (χ4n) is 2.78. The SMILES string of the molecule is CC(=O)N(CCC(=O)Nc1ccc2c(c1)OCO2)Cc1ccccc1C. The van der Waals surface area contributed by atoms with E-state index in [2.05, 4.69) is 5.32 Å². The number of carbonyl (C=O) groups excluding carboxylic acids is 2. The number of aryl methyl sites for hydroxylation is 1. The maximum atomic E-state index is 12.2. The maximum absolute atomic E-state index is 12.2. The molecule has 1 heterocycles. The standard InChI is InChI=1S/C20H22N2O4/c1-14-5-3-4-6-16(14)12-22(15(2)23)10-9-20(24)21-17-7-8-18-19(11-17)26-13-25-18/h3-8,11H,9-10,12-13H2,1-2H3,(H,21,24). The number of hydrogen-bond donors (Lipinski definition) is 1. The van der Waals surface area contributed by atoms with Crippen molar-refractivity contribution in [3.8, 4) is 11.5 Å². The van der Waals surface area contributed by atoms with Crippen molar-refractivity contribution in [3.63, 3.8) is 0 Å². The van der Waals surface area contributed by atoms with Gasteiger partial charge in [0.1, 0.15) is 0 Å². The number of ether oxygens (including phenoxy) is 2. The summed E-state index contributed by atoms with van der Waals surface area (Å²) in [6.07, 6.45) is 0.222. The van der Waals surface area contributed by atoms with Gasteiger partial charge in [-0.15, -0.1) is 0 Å². The van der Waals surface area contributed by atoms with Crippen LogP contribution in [0, 0.1) is 6.92 Å². The molecule has 6 nitrogen and oxygen atoms in total. The number of amides is 2. The lowest BCUT2D eigenvalue weighted by Gasteiger charge is -2.22. The van der Waals surface area contributed by atoms with Gasteiger partial charge >= 0.3 is 0 Å². The molecule has 2 aromatic carbocycles. The number of fused-ring (bicyclic) bond motifs is 1. The average Bonchev–Trinajstić information content (AvgIpc) is 3.07. The van der Waals surface area contributed by atoms with Crippen LogP contribution in [-0.4, -0.2) is 30.1 Å². The Morgan fingerprint density at radius 3 is 2.65 bits per heavy atom. The van der Waals surface area contributed by atoms with Gasteiger partial charge in [0.2, 0.25) is 18.6 Å². The summed E-state index contributed by atoms with van der Waals surface area (Å²) in [6, 6.07) is 13.2. The van der Waals surface area contributed by atoms with E-state index in [1.807, 2.05) is 31.2 Å². The number of rotatable bonds is 6. The van der Waals surface area contributed by atoms with E-state index in [0.29, 0.717) is 30.3 Å². The second kappa shape index (κ2) is 7.91. The number of carbonyl (C=O) groups is 2. The molecule has 0 radical (unpaired) electrons. The van der Waals surface area contributed by atoms with Gasteiger partial charge in [-0.25, -0.2) is 0 Å². The molecule has 2 aromatic rings. The summed E-state index contributed by atoms with van der Waals surface area (Å²) in [6.45, 7) is 4.59. The Kier molecular flexibility index (Phi) is 5.41. The lowest BCUT2D eigenvalue weighted by Crippen LogP contribution is -2.31. The Balaban J connectivity index is 1.56. The minimum atomic E-state index is -0.153. The highest BCUT2D eigenvalue weighted by molar-refractivity contribution is 5.91. The molecule has 26 heavy (non-hydrogen) atoms. The van der Waals surface area contributed by atoms with Gasteiger partial charge in [-0.05, 0) is 30.2 Å². The molecule has 136 valence electrons. The molecule has 0 fully saturated rings. The molecule has 0 aromatic heterocycles. The van der Waals surface area contributed by atoms with Crippen molar-refractivity contribution in [1.82, 2.24) is 4.90 Å². The van der Waals surface area contributed by atoms with E-state index in [1.165, 1.54) is 6.92 Å². The molecule has 3 rings (SSSR count). The molecule has 1 aliphatic rings. The van der Waals surface area contributed by atoms with Gasteiger partial charge in [-0.1, -0.05) is 24.3 Å². The molecule has 0 aliphatic carbocycles. The highest BCUT2D eigenvalue weighted by atomic mass is 16.7. The van der Waals surface area contributed by atoms with E-state index in [0.717, 1.165) is 11.1 Å². The van der Waals surface area contributed by atoms with Crippen LogP contribution < -0.4 is 14.8 Å². The van der Waals surface area contributed by atoms with Gasteiger partial charge in [-0.2, -0.15) is 0 Å². The Morgan fingerprint density at radius 1 is 1.12 bits per heavy atom. The first-order chi connectivity index (χ1) is 12.5. The first-order valence-electron chi connectivity index (χ1n) is 8.52. The Morgan fingerprint density at radius 2 is 1.88 bits per heavy atom. The summed E-state index contributed by atoms with van der Waals surface area (Å²) >= 11 is 0. The van der Waals surface area contributed by atoms with Crippen LogP contribution in [0.4, 0.5) is 5.69 Å². The predicted molar refractivity (Wildman–Crippen MR) is 98.1 cm³/mol. The Labute approximate surface area is 152 Å². The van der Waals surface area contributed by atoms with Gasteiger partial charge in [0.25, 0.3) is 0 Å². The van der Waals surface area contributed by atoms with Crippen LogP contribution in [0.2, 0.25) is 0 Å². The molecule has 0 unspecified atom stereocenters. The third kappa shape index (κ3) is 4.33. The Bertz CT molecular complexity index is 819. The number of nitrogens with one attached hydrogen (secondary N) is 1. The van der Waals surface area contributed by atoms with Crippen molar-refractivity contribution < 1.29 is 19.1 Å². The summed E-state index contributed by atoms with van der Waals surface area (Å²) in [5.74, 6) is 1.08. The van der Waals surface area contributed by atoms with Crippen LogP contribution in [0.15, 0.2) is 42.5 Å². The van der Waals surface area contributed by atoms with Crippen molar-refractivity contribution in [2.75, 3.05) is 18.7 Å². The van der Waals surface area contributed by atoms with E-state index >= 15 is 0 Å². The Hall–Kier alpha value is -3.02. The molecular formula is C20H22N2O4. The highest BCUT2D eigenvalue weighted by Gasteiger charge is 2.16. The topological polar surface area (TPSA) is 67.9 Å². The van der Waals surface area contributed by atoms with E-state index < -0.39 is 0 Å².